The molecule has 69 heavy (non-hydrogen) atoms. The Kier molecular flexibility index (Phi) is 29.8. The molecule has 0 heterocycles. The summed E-state index contributed by atoms with van der Waals surface area (Å²) in [5, 5.41) is 32.4. The van der Waals surface area contributed by atoms with Crippen molar-refractivity contribution in [2.75, 3.05) is 44.7 Å². The molecule has 0 unspecified atom stereocenters. The molecular weight excluding hydrogens is 915 g/mol. The lowest BCUT2D eigenvalue weighted by Crippen LogP contribution is -2.58. The summed E-state index contributed by atoms with van der Waals surface area (Å²) >= 11 is 1.48. The summed E-state index contributed by atoms with van der Waals surface area (Å²) in [5.41, 5.74) is 12.3. The Morgan fingerprint density at radius 3 is 1.51 bits per heavy atom. The maximum Gasteiger partial charge on any atom is 0.326 e. The molecule has 0 aromatic heterocycles. The first-order valence-corrected chi connectivity index (χ1v) is 24.9. The fourth-order valence-corrected chi connectivity index (χ4v) is 7.06. The molecule has 0 spiro atoms. The standard InChI is InChI=1S/C46H77N11O11S/c1-8-27(4)38(44(65)51-23-34(58)49-25-36(60)53-33(22-30-16-12-11-13-17-30)43(64)57-40(46(67)68)29(6)10-3)55-37(61)26-50-35(59)24-52-45(66)39(28(5)9-2)56-42(63)32(19-21-69-7)54-41(62)31(48)18-14-15-20-47/h11-13,16-17,27-29,31-33,38-40H,8-10,14-15,18-26,47-48H2,1-7H3,(H,49,58)(H,50,59)(H,51,65)(H,52,66)(H,53,60)(H,54,62)(H,55,61)(H,56,63)(H,57,64)(H,67,68)/t27-,28-,29-,31-,32-,33-,38-,39-,40-/m0/s1. The highest BCUT2D eigenvalue weighted by atomic mass is 32.2. The molecule has 0 radical (unpaired) electrons. The van der Waals surface area contributed by atoms with Crippen molar-refractivity contribution in [3.63, 3.8) is 0 Å². The number of aliphatic carboxylic acids is 1. The Morgan fingerprint density at radius 2 is 1.01 bits per heavy atom. The molecule has 388 valence electrons. The molecule has 1 aromatic rings. The number of carbonyl (C=O) groups is 10. The molecule has 9 amide bonds. The van der Waals surface area contributed by atoms with E-state index in [2.05, 4.69) is 47.9 Å². The fourth-order valence-electron chi connectivity index (χ4n) is 6.58. The second-order valence-corrected chi connectivity index (χ2v) is 18.0. The van der Waals surface area contributed by atoms with E-state index in [1.54, 1.807) is 65.0 Å². The monoisotopic (exact) mass is 992 g/mol. The highest BCUT2D eigenvalue weighted by molar-refractivity contribution is 7.98. The number of carbonyl (C=O) groups excluding carboxylic acids is 9. The molecule has 22 nitrogen and oxygen atoms in total. The number of thioether (sulfide) groups is 1. The smallest absolute Gasteiger partial charge is 0.326 e. The van der Waals surface area contributed by atoms with E-state index in [0.29, 0.717) is 56.4 Å². The number of amides is 9. The third kappa shape index (κ3) is 23.9. The third-order valence-electron chi connectivity index (χ3n) is 11.6. The Morgan fingerprint density at radius 1 is 0.551 bits per heavy atom. The molecule has 0 saturated carbocycles. The van der Waals surface area contributed by atoms with Crippen LogP contribution >= 0.6 is 11.8 Å². The van der Waals surface area contributed by atoms with Crippen molar-refractivity contribution in [3.8, 4) is 0 Å². The number of nitrogens with one attached hydrogen (secondary N) is 9. The van der Waals surface area contributed by atoms with Gasteiger partial charge in [0.25, 0.3) is 0 Å². The number of carboxylic acids is 1. The number of benzene rings is 1. The van der Waals surface area contributed by atoms with Gasteiger partial charge in [0.05, 0.1) is 32.2 Å². The first-order valence-electron chi connectivity index (χ1n) is 23.5. The van der Waals surface area contributed by atoms with Gasteiger partial charge < -0.3 is 64.4 Å². The zero-order valence-electron chi connectivity index (χ0n) is 41.1. The number of hydrogen-bond acceptors (Lipinski definition) is 13. The van der Waals surface area contributed by atoms with Gasteiger partial charge in [-0.05, 0) is 61.1 Å². The predicted molar refractivity (Wildman–Crippen MR) is 262 cm³/mol. The van der Waals surface area contributed by atoms with E-state index in [9.17, 15) is 53.1 Å². The minimum atomic E-state index is -1.22. The quantitative estimate of drug-likeness (QED) is 0.0352. The molecule has 0 aliphatic carbocycles. The molecule has 0 fully saturated rings. The van der Waals surface area contributed by atoms with Crippen LogP contribution in [0.4, 0.5) is 0 Å². The van der Waals surface area contributed by atoms with E-state index in [1.807, 2.05) is 13.2 Å². The lowest BCUT2D eigenvalue weighted by atomic mass is 9.97. The summed E-state index contributed by atoms with van der Waals surface area (Å²) in [4.78, 5) is 129. The van der Waals surface area contributed by atoms with Gasteiger partial charge in [0.15, 0.2) is 0 Å². The van der Waals surface area contributed by atoms with Crippen LogP contribution in [0.15, 0.2) is 30.3 Å². The van der Waals surface area contributed by atoms with E-state index >= 15 is 0 Å². The number of nitrogens with two attached hydrogens (primary N) is 2. The number of unbranched alkanes of at least 4 members (excludes halogenated alkanes) is 1. The van der Waals surface area contributed by atoms with Gasteiger partial charge in [-0.25, -0.2) is 4.79 Å². The first-order chi connectivity index (χ1) is 32.7. The molecule has 23 heteroatoms. The van der Waals surface area contributed by atoms with Crippen LogP contribution in [0.5, 0.6) is 0 Å². The third-order valence-corrected chi connectivity index (χ3v) is 12.2. The van der Waals surface area contributed by atoms with E-state index in [4.69, 9.17) is 11.5 Å². The average Bonchev–Trinajstić information content (AvgIpc) is 3.33. The van der Waals surface area contributed by atoms with E-state index in [0.717, 1.165) is 0 Å². The average molecular weight is 992 g/mol. The lowest BCUT2D eigenvalue weighted by Gasteiger charge is -2.27. The summed E-state index contributed by atoms with van der Waals surface area (Å²) < 4.78 is 0. The normalized spacial score (nSPS) is 14.9. The largest absolute Gasteiger partial charge is 0.480 e. The van der Waals surface area contributed by atoms with Crippen molar-refractivity contribution >= 4 is 70.9 Å². The molecule has 0 bridgehead atoms. The van der Waals surface area contributed by atoms with Crippen molar-refractivity contribution in [1.82, 2.24) is 47.9 Å². The summed E-state index contributed by atoms with van der Waals surface area (Å²) in [5.74, 6) is -8.05. The van der Waals surface area contributed by atoms with Gasteiger partial charge in [-0.3, -0.25) is 43.2 Å². The molecular formula is C46H77N11O11S. The Labute approximate surface area is 409 Å². The molecule has 9 atom stereocenters. The van der Waals surface area contributed by atoms with Crippen LogP contribution < -0.4 is 59.3 Å². The number of carboxylic acid groups (broad SMARTS) is 1. The van der Waals surface area contributed by atoms with Crippen LogP contribution in [-0.4, -0.2) is 145 Å². The zero-order valence-corrected chi connectivity index (χ0v) is 41.9. The van der Waals surface area contributed by atoms with E-state index in [1.165, 1.54) is 11.8 Å². The van der Waals surface area contributed by atoms with Crippen LogP contribution in [-0.2, 0) is 54.4 Å². The van der Waals surface area contributed by atoms with Gasteiger partial charge in [0.2, 0.25) is 53.2 Å². The minimum Gasteiger partial charge on any atom is -0.480 e. The van der Waals surface area contributed by atoms with E-state index in [-0.39, 0.29) is 18.8 Å². The first kappa shape index (κ1) is 61.2. The highest BCUT2D eigenvalue weighted by Gasteiger charge is 2.33. The van der Waals surface area contributed by atoms with Crippen molar-refractivity contribution in [2.24, 2.45) is 29.2 Å². The topological polar surface area (TPSA) is 351 Å². The second kappa shape index (κ2) is 33.6. The van der Waals surface area contributed by atoms with E-state index < -0.39 is 133 Å². The molecule has 1 aromatic carbocycles. The van der Waals surface area contributed by atoms with Gasteiger partial charge in [-0.2, -0.15) is 11.8 Å². The van der Waals surface area contributed by atoms with Crippen molar-refractivity contribution < 1.29 is 53.1 Å². The Hall–Kier alpha value is -5.81. The van der Waals surface area contributed by atoms with Crippen LogP contribution in [0, 0.1) is 17.8 Å². The summed E-state index contributed by atoms with van der Waals surface area (Å²) in [6, 6.07) is 2.38. The van der Waals surface area contributed by atoms with Gasteiger partial charge in [-0.1, -0.05) is 97.6 Å². The summed E-state index contributed by atoms with van der Waals surface area (Å²) in [6.45, 7) is 8.69. The van der Waals surface area contributed by atoms with Crippen LogP contribution in [0.3, 0.4) is 0 Å². The lowest BCUT2D eigenvalue weighted by molar-refractivity contribution is -0.143. The van der Waals surface area contributed by atoms with Crippen molar-refractivity contribution in [1.29, 1.82) is 0 Å². The second-order valence-electron chi connectivity index (χ2n) is 17.0. The fraction of sp³-hybridized carbons (Fsp3) is 0.652. The zero-order chi connectivity index (χ0) is 52.1. The minimum absolute atomic E-state index is 0.0367. The van der Waals surface area contributed by atoms with Crippen molar-refractivity contribution in [2.45, 2.75) is 129 Å². The Balaban J connectivity index is 2.79. The van der Waals surface area contributed by atoms with Gasteiger partial charge in [-0.15, -0.1) is 0 Å². The van der Waals surface area contributed by atoms with Crippen molar-refractivity contribution in [3.05, 3.63) is 35.9 Å². The van der Waals surface area contributed by atoms with Gasteiger partial charge in [0.1, 0.15) is 30.2 Å². The Bertz CT molecular complexity index is 1840. The molecule has 1 rings (SSSR count). The molecule has 0 aliphatic heterocycles. The highest BCUT2D eigenvalue weighted by Crippen LogP contribution is 2.12. The van der Waals surface area contributed by atoms with Crippen LogP contribution in [0.1, 0.15) is 92.1 Å². The SMILES string of the molecule is CC[C@H](C)[C@H](NC(=O)[C@H](Cc1ccccc1)NC(=O)CNC(=O)CNC(=O)[C@@H](NC(=O)CNC(=O)CNC(=O)[C@@H](NC(=O)[C@H](CCSC)NC(=O)[C@@H](N)CCCCN)[C@@H](C)CC)[C@@H](C)CC)C(=O)O. The molecule has 0 saturated heterocycles. The predicted octanol–water partition coefficient (Wildman–Crippen LogP) is -1.45. The summed E-state index contributed by atoms with van der Waals surface area (Å²) in [7, 11) is 0. The van der Waals surface area contributed by atoms with Gasteiger partial charge >= 0.3 is 5.97 Å². The summed E-state index contributed by atoms with van der Waals surface area (Å²) in [6.07, 6.45) is 5.31. The number of rotatable bonds is 34. The van der Waals surface area contributed by atoms with Gasteiger partial charge in [0, 0.05) is 6.42 Å². The maximum absolute atomic E-state index is 13.4. The molecule has 0 aliphatic rings. The number of hydrogen-bond donors (Lipinski definition) is 12. The molecule has 14 N–H and O–H groups in total. The maximum atomic E-state index is 13.4. The van der Waals surface area contributed by atoms with Crippen LogP contribution in [0.25, 0.3) is 0 Å². The van der Waals surface area contributed by atoms with Crippen LogP contribution in [0.2, 0.25) is 0 Å².